The van der Waals surface area contributed by atoms with E-state index in [1.54, 1.807) is 18.2 Å². The number of benzene rings is 3. The van der Waals surface area contributed by atoms with Crippen molar-refractivity contribution >= 4 is 45.3 Å². The molecular weight excluding hydrogens is 496 g/mol. The van der Waals surface area contributed by atoms with Gasteiger partial charge in [0.1, 0.15) is 18.7 Å². The zero-order valence-corrected chi connectivity index (χ0v) is 21.4. The molecule has 3 aromatic rings. The van der Waals surface area contributed by atoms with E-state index in [0.29, 0.717) is 19.4 Å². The van der Waals surface area contributed by atoms with Crippen LogP contribution in [0.25, 0.3) is 10.8 Å². The van der Waals surface area contributed by atoms with E-state index in [1.807, 2.05) is 54.6 Å². The van der Waals surface area contributed by atoms with E-state index in [2.05, 4.69) is 12.6 Å². The average molecular weight is 525 g/mol. The molecule has 2 aliphatic rings. The quantitative estimate of drug-likeness (QED) is 0.393. The Morgan fingerprint density at radius 2 is 1.67 bits per heavy atom. The highest BCUT2D eigenvalue weighted by Gasteiger charge is 2.47. The monoisotopic (exact) mass is 524 g/mol. The Morgan fingerprint density at radius 3 is 2.44 bits per heavy atom. The third kappa shape index (κ3) is 4.87. The number of amides is 1. The van der Waals surface area contributed by atoms with Crippen molar-refractivity contribution in [2.75, 3.05) is 13.1 Å². The number of fused-ring (bicyclic) bond motifs is 1. The van der Waals surface area contributed by atoms with Gasteiger partial charge in [0.15, 0.2) is 0 Å². The van der Waals surface area contributed by atoms with Crippen LogP contribution in [0.3, 0.4) is 0 Å². The summed E-state index contributed by atoms with van der Waals surface area (Å²) in [6, 6.07) is 20.2. The van der Waals surface area contributed by atoms with Gasteiger partial charge in [-0.1, -0.05) is 60.7 Å². The van der Waals surface area contributed by atoms with Crippen LogP contribution < -0.4 is 0 Å². The number of thiol groups is 1. The molecule has 0 aliphatic carbocycles. The fourth-order valence-corrected chi connectivity index (χ4v) is 7.19. The lowest BCUT2D eigenvalue weighted by atomic mass is 10.1. The molecule has 188 valence electrons. The lowest BCUT2D eigenvalue weighted by Crippen LogP contribution is -2.51. The van der Waals surface area contributed by atoms with Crippen molar-refractivity contribution in [1.29, 1.82) is 0 Å². The first-order chi connectivity index (χ1) is 17.3. The molecule has 2 fully saturated rings. The van der Waals surface area contributed by atoms with Crippen molar-refractivity contribution in [1.82, 2.24) is 9.21 Å². The van der Waals surface area contributed by atoms with Gasteiger partial charge in [-0.15, -0.1) is 0 Å². The van der Waals surface area contributed by atoms with E-state index < -0.39 is 28.1 Å². The highest BCUT2D eigenvalue weighted by molar-refractivity contribution is 7.89. The summed E-state index contributed by atoms with van der Waals surface area (Å²) in [5.74, 6) is -0.830. The first-order valence-corrected chi connectivity index (χ1v) is 14.0. The molecule has 0 radical (unpaired) electrons. The summed E-state index contributed by atoms with van der Waals surface area (Å²) in [7, 11) is -3.95. The Balaban J connectivity index is 1.35. The topological polar surface area (TPSA) is 84.0 Å². The molecule has 3 atom stereocenters. The zero-order valence-electron chi connectivity index (χ0n) is 19.7. The van der Waals surface area contributed by atoms with Gasteiger partial charge in [-0.3, -0.25) is 4.79 Å². The summed E-state index contributed by atoms with van der Waals surface area (Å²) in [5, 5.41) is 1.47. The van der Waals surface area contributed by atoms with Gasteiger partial charge in [-0.2, -0.15) is 16.9 Å². The van der Waals surface area contributed by atoms with Crippen molar-refractivity contribution in [2.45, 2.75) is 48.1 Å². The van der Waals surface area contributed by atoms with Crippen LogP contribution in [-0.4, -0.2) is 59.9 Å². The number of carbonyl (C=O) groups excluding carboxylic acids is 2. The number of hydrogen-bond donors (Lipinski definition) is 1. The molecule has 1 amide bonds. The van der Waals surface area contributed by atoms with Gasteiger partial charge >= 0.3 is 5.97 Å². The maximum atomic E-state index is 13.7. The summed E-state index contributed by atoms with van der Waals surface area (Å²) >= 11 is 4.52. The molecular formula is C27H28N2O5S2. The number of ether oxygens (including phenoxy) is 1. The molecule has 7 nitrogen and oxygen atoms in total. The van der Waals surface area contributed by atoms with Crippen LogP contribution in [-0.2, 0) is 31.0 Å². The summed E-state index contributed by atoms with van der Waals surface area (Å²) in [4.78, 5) is 28.2. The molecule has 2 aliphatic heterocycles. The average Bonchev–Trinajstić information content (AvgIpc) is 3.55. The van der Waals surface area contributed by atoms with Gasteiger partial charge in [0, 0.05) is 18.3 Å². The van der Waals surface area contributed by atoms with E-state index in [1.165, 1.54) is 9.21 Å². The first kappa shape index (κ1) is 24.8. The van der Waals surface area contributed by atoms with Crippen LogP contribution in [0.15, 0.2) is 77.7 Å². The second kappa shape index (κ2) is 10.2. The predicted octanol–water partition coefficient (Wildman–Crippen LogP) is 3.64. The van der Waals surface area contributed by atoms with E-state index in [4.69, 9.17) is 4.74 Å². The van der Waals surface area contributed by atoms with E-state index in [-0.39, 0.29) is 35.6 Å². The Labute approximate surface area is 216 Å². The Morgan fingerprint density at radius 1 is 0.944 bits per heavy atom. The summed E-state index contributed by atoms with van der Waals surface area (Å²) in [5.41, 5.74) is 0.864. The van der Waals surface area contributed by atoms with Crippen molar-refractivity contribution in [2.24, 2.45) is 0 Å². The highest BCUT2D eigenvalue weighted by atomic mass is 32.2. The van der Waals surface area contributed by atoms with Crippen LogP contribution in [0.4, 0.5) is 0 Å². The molecule has 2 heterocycles. The number of likely N-dealkylation sites (tertiary alicyclic amines) is 1. The van der Waals surface area contributed by atoms with Gasteiger partial charge in [0.25, 0.3) is 0 Å². The van der Waals surface area contributed by atoms with Crippen LogP contribution in [0.2, 0.25) is 0 Å². The number of hydrogen-bond acceptors (Lipinski definition) is 6. The lowest BCUT2D eigenvalue weighted by Gasteiger charge is -2.30. The second-order valence-electron chi connectivity index (χ2n) is 9.27. The molecule has 0 N–H and O–H groups in total. The Bertz CT molecular complexity index is 1380. The van der Waals surface area contributed by atoms with E-state index in [9.17, 15) is 18.0 Å². The van der Waals surface area contributed by atoms with Crippen LogP contribution in [0.1, 0.15) is 24.8 Å². The molecule has 3 aromatic carbocycles. The first-order valence-electron chi connectivity index (χ1n) is 12.0. The maximum absolute atomic E-state index is 13.7. The molecule has 0 bridgehead atoms. The lowest BCUT2D eigenvalue weighted by molar-refractivity contribution is -0.155. The molecule has 0 saturated carbocycles. The number of sulfonamides is 1. The fraction of sp³-hybridized carbons (Fsp3) is 0.333. The number of nitrogens with zero attached hydrogens (tertiary/aromatic N) is 2. The minimum absolute atomic E-state index is 0.128. The highest BCUT2D eigenvalue weighted by Crippen LogP contribution is 2.33. The minimum atomic E-state index is -3.95. The van der Waals surface area contributed by atoms with E-state index >= 15 is 0 Å². The number of esters is 1. The second-order valence-corrected chi connectivity index (χ2v) is 11.9. The third-order valence-corrected chi connectivity index (χ3v) is 9.12. The minimum Gasteiger partial charge on any atom is -0.459 e. The van der Waals surface area contributed by atoms with Crippen LogP contribution >= 0.6 is 12.6 Å². The van der Waals surface area contributed by atoms with Crippen LogP contribution in [0.5, 0.6) is 0 Å². The Hall–Kier alpha value is -2.88. The van der Waals surface area contributed by atoms with Gasteiger partial charge < -0.3 is 9.64 Å². The largest absolute Gasteiger partial charge is 0.459 e. The number of carbonyl (C=O) groups is 2. The number of rotatable bonds is 6. The Kier molecular flexibility index (Phi) is 7.05. The normalized spacial score (nSPS) is 22.7. The van der Waals surface area contributed by atoms with Gasteiger partial charge in [-0.05, 0) is 47.7 Å². The molecule has 0 aromatic heterocycles. The van der Waals surface area contributed by atoms with Crippen molar-refractivity contribution in [3.8, 4) is 0 Å². The zero-order chi connectivity index (χ0) is 25.3. The standard InChI is InChI=1S/C27H28N2O5S2/c30-26(28-14-6-11-24(28)27(31)34-18-19-7-2-1-3-8-19)25-16-22(35)17-29(25)36(32,33)23-13-12-20-9-4-5-10-21(20)15-23/h1-5,7-10,12-13,15,22,24-25,35H,6,11,14,16-18H2/t22-,24?,25+/m1/s1. The fourth-order valence-electron chi connectivity index (χ4n) is 5.03. The summed E-state index contributed by atoms with van der Waals surface area (Å²) in [6.45, 7) is 0.649. The predicted molar refractivity (Wildman–Crippen MR) is 140 cm³/mol. The van der Waals surface area contributed by atoms with Crippen molar-refractivity contribution < 1.29 is 22.7 Å². The van der Waals surface area contributed by atoms with Gasteiger partial charge in [-0.25, -0.2) is 13.2 Å². The molecule has 0 spiro atoms. The van der Waals surface area contributed by atoms with Crippen LogP contribution in [0, 0.1) is 0 Å². The molecule has 9 heteroatoms. The smallest absolute Gasteiger partial charge is 0.329 e. The van der Waals surface area contributed by atoms with Gasteiger partial charge in [0.05, 0.1) is 4.90 Å². The summed E-state index contributed by atoms with van der Waals surface area (Å²) < 4.78 is 34.1. The SMILES string of the molecule is O=C(OCc1ccccc1)C1CCCN1C(=O)[C@@H]1C[C@@H](S)CN1S(=O)(=O)c1ccc2ccccc2c1. The van der Waals surface area contributed by atoms with Gasteiger partial charge in [0.2, 0.25) is 15.9 Å². The molecule has 5 rings (SSSR count). The molecule has 36 heavy (non-hydrogen) atoms. The maximum Gasteiger partial charge on any atom is 0.329 e. The molecule has 1 unspecified atom stereocenters. The van der Waals surface area contributed by atoms with Crippen molar-refractivity contribution in [3.05, 3.63) is 78.4 Å². The van der Waals surface area contributed by atoms with E-state index in [0.717, 1.165) is 16.3 Å². The third-order valence-electron chi connectivity index (χ3n) is 6.88. The molecule has 2 saturated heterocycles. The van der Waals surface area contributed by atoms with Crippen molar-refractivity contribution in [3.63, 3.8) is 0 Å². The summed E-state index contributed by atoms with van der Waals surface area (Å²) in [6.07, 6.45) is 1.44.